The van der Waals surface area contributed by atoms with Crippen molar-refractivity contribution >= 4 is 0 Å². The number of likely N-dealkylation sites (tertiary alicyclic amines) is 1. The van der Waals surface area contributed by atoms with E-state index in [9.17, 15) is 0 Å². The van der Waals surface area contributed by atoms with Crippen LogP contribution in [0.4, 0.5) is 0 Å². The minimum atomic E-state index is 0.824. The fourth-order valence-corrected chi connectivity index (χ4v) is 0.991. The molecule has 0 amide bonds. The summed E-state index contributed by atoms with van der Waals surface area (Å²) in [7, 11) is 2.13. The van der Waals surface area contributed by atoms with E-state index in [1.165, 1.54) is 13.0 Å². The molecule has 1 rings (SSSR count). The maximum Gasteiger partial charge on any atom is 0.0277 e. The molecule has 1 saturated heterocycles. The number of rotatable bonds is 0. The van der Waals surface area contributed by atoms with Crippen molar-refractivity contribution in [3.8, 4) is 0 Å². The molecule has 0 bridgehead atoms. The first-order valence-corrected chi connectivity index (χ1v) is 2.84. The minimum Gasteiger partial charge on any atom is -0.302 e. The van der Waals surface area contributed by atoms with Crippen molar-refractivity contribution in [1.82, 2.24) is 4.90 Å². The molecular weight excluding hydrogens is 86.1 g/mol. The van der Waals surface area contributed by atoms with Gasteiger partial charge in [0.25, 0.3) is 0 Å². The van der Waals surface area contributed by atoms with Crippen LogP contribution in [-0.4, -0.2) is 18.5 Å². The molecule has 1 aliphatic heterocycles. The summed E-state index contributed by atoms with van der Waals surface area (Å²) in [5.41, 5.74) is 0. The molecule has 1 radical (unpaired) electrons. The average Bonchev–Trinajstić information content (AvgIpc) is 1.87. The number of hydrogen-bond donors (Lipinski definition) is 0. The monoisotopic (exact) mass is 98.1 g/mol. The van der Waals surface area contributed by atoms with Gasteiger partial charge in [0.15, 0.2) is 0 Å². The van der Waals surface area contributed by atoms with Crippen LogP contribution in [0.2, 0.25) is 0 Å². The molecule has 1 heterocycles. The largest absolute Gasteiger partial charge is 0.302 e. The van der Waals surface area contributed by atoms with Gasteiger partial charge in [0.05, 0.1) is 0 Å². The molecule has 0 aliphatic carbocycles. The third-order valence-electron chi connectivity index (χ3n) is 1.45. The van der Waals surface area contributed by atoms with Crippen LogP contribution in [0.3, 0.4) is 0 Å². The topological polar surface area (TPSA) is 3.24 Å². The summed E-state index contributed by atoms with van der Waals surface area (Å²) in [5.74, 6) is 0.824. The van der Waals surface area contributed by atoms with Gasteiger partial charge in [-0.15, -0.1) is 0 Å². The molecule has 1 atom stereocenters. The lowest BCUT2D eigenvalue weighted by Crippen LogP contribution is -2.07. The molecule has 0 saturated carbocycles. The van der Waals surface area contributed by atoms with Gasteiger partial charge in [-0.3, -0.25) is 0 Å². The third kappa shape index (κ3) is 1.16. The van der Waals surface area contributed by atoms with Gasteiger partial charge in [-0.25, -0.2) is 0 Å². The molecular formula is C6H12N. The number of nitrogens with zero attached hydrogens (tertiary/aromatic N) is 1. The Morgan fingerprint density at radius 2 is 2.43 bits per heavy atom. The van der Waals surface area contributed by atoms with Crippen molar-refractivity contribution in [2.45, 2.75) is 13.3 Å². The van der Waals surface area contributed by atoms with Crippen molar-refractivity contribution in [1.29, 1.82) is 0 Å². The predicted octanol–water partition coefficient (Wildman–Crippen LogP) is 1.12. The van der Waals surface area contributed by atoms with Gasteiger partial charge in [-0.05, 0) is 25.9 Å². The highest BCUT2D eigenvalue weighted by Gasteiger charge is 2.13. The van der Waals surface area contributed by atoms with E-state index >= 15 is 0 Å². The molecule has 1 fully saturated rings. The zero-order valence-corrected chi connectivity index (χ0v) is 5.02. The highest BCUT2D eigenvalue weighted by molar-refractivity contribution is 4.79. The quantitative estimate of drug-likeness (QED) is 0.439. The summed E-state index contributed by atoms with van der Waals surface area (Å²) in [6.45, 7) is 5.78. The summed E-state index contributed by atoms with van der Waals surface area (Å²) in [6, 6.07) is 0. The minimum absolute atomic E-state index is 0.824. The molecule has 1 aliphatic rings. The van der Waals surface area contributed by atoms with Gasteiger partial charge in [0.1, 0.15) is 0 Å². The molecule has 41 valence electrons. The van der Waals surface area contributed by atoms with Crippen molar-refractivity contribution in [3.63, 3.8) is 0 Å². The zero-order valence-electron chi connectivity index (χ0n) is 5.02. The van der Waals surface area contributed by atoms with E-state index in [2.05, 4.69) is 25.4 Å². The van der Waals surface area contributed by atoms with Crippen LogP contribution < -0.4 is 0 Å². The molecule has 0 spiro atoms. The van der Waals surface area contributed by atoms with Gasteiger partial charge in [-0.2, -0.15) is 0 Å². The van der Waals surface area contributed by atoms with Crippen molar-refractivity contribution in [3.05, 3.63) is 6.54 Å². The molecule has 1 unspecified atom stereocenters. The van der Waals surface area contributed by atoms with Crippen LogP contribution >= 0.6 is 0 Å². The normalized spacial score (nSPS) is 34.3. The van der Waals surface area contributed by atoms with Crippen molar-refractivity contribution in [2.24, 2.45) is 5.92 Å². The highest BCUT2D eigenvalue weighted by atomic mass is 15.1. The van der Waals surface area contributed by atoms with E-state index < -0.39 is 0 Å². The first-order chi connectivity index (χ1) is 3.29. The smallest absolute Gasteiger partial charge is 0.0277 e. The molecule has 0 aromatic rings. The van der Waals surface area contributed by atoms with E-state index in [4.69, 9.17) is 0 Å². The molecule has 0 aromatic heterocycles. The number of hydrogen-bond acceptors (Lipinski definition) is 1. The highest BCUT2D eigenvalue weighted by Crippen LogP contribution is 2.16. The Bertz CT molecular complexity index is 53.2. The lowest BCUT2D eigenvalue weighted by Gasteiger charge is -2.02. The molecule has 1 nitrogen and oxygen atoms in total. The summed E-state index contributed by atoms with van der Waals surface area (Å²) < 4.78 is 0. The van der Waals surface area contributed by atoms with E-state index in [1.807, 2.05) is 0 Å². The second-order valence-corrected chi connectivity index (χ2v) is 2.40. The zero-order chi connectivity index (χ0) is 5.28. The fourth-order valence-electron chi connectivity index (χ4n) is 0.991. The van der Waals surface area contributed by atoms with Gasteiger partial charge in [0.2, 0.25) is 0 Å². The van der Waals surface area contributed by atoms with E-state index in [1.54, 1.807) is 0 Å². The second kappa shape index (κ2) is 1.83. The Labute approximate surface area is 45.3 Å². The first-order valence-electron chi connectivity index (χ1n) is 2.84. The van der Waals surface area contributed by atoms with Crippen LogP contribution in [0.1, 0.15) is 13.3 Å². The SMILES string of the molecule is CC1[CH]N(C)CC1. The molecule has 0 N–H and O–H groups in total. The van der Waals surface area contributed by atoms with Gasteiger partial charge >= 0.3 is 0 Å². The lowest BCUT2D eigenvalue weighted by atomic mass is 10.2. The lowest BCUT2D eigenvalue weighted by molar-refractivity contribution is 0.469. The van der Waals surface area contributed by atoms with E-state index in [0.29, 0.717) is 0 Å². The Balaban J connectivity index is 2.26. The first kappa shape index (κ1) is 5.10. The molecule has 0 aromatic carbocycles. The summed E-state index contributed by atoms with van der Waals surface area (Å²) in [5, 5.41) is 0. The van der Waals surface area contributed by atoms with Crippen LogP contribution in [0.5, 0.6) is 0 Å². The van der Waals surface area contributed by atoms with Crippen LogP contribution in [0.15, 0.2) is 0 Å². The fraction of sp³-hybridized carbons (Fsp3) is 0.833. The molecule has 7 heavy (non-hydrogen) atoms. The summed E-state index contributed by atoms with van der Waals surface area (Å²) in [6.07, 6.45) is 1.34. The van der Waals surface area contributed by atoms with E-state index in [-0.39, 0.29) is 0 Å². The van der Waals surface area contributed by atoms with Crippen LogP contribution in [-0.2, 0) is 0 Å². The summed E-state index contributed by atoms with van der Waals surface area (Å²) in [4.78, 5) is 2.25. The standard InChI is InChI=1S/C6H12N/c1-6-3-4-7(2)5-6/h5-6H,3-4H2,1-2H3. The molecule has 1 heteroatoms. The maximum absolute atomic E-state index is 2.28. The summed E-state index contributed by atoms with van der Waals surface area (Å²) >= 11 is 0. The third-order valence-corrected chi connectivity index (χ3v) is 1.45. The Hall–Kier alpha value is -0.0400. The average molecular weight is 98.2 g/mol. The van der Waals surface area contributed by atoms with Crippen molar-refractivity contribution < 1.29 is 0 Å². The van der Waals surface area contributed by atoms with Gasteiger partial charge in [0, 0.05) is 6.54 Å². The van der Waals surface area contributed by atoms with E-state index in [0.717, 1.165) is 5.92 Å². The Kier molecular flexibility index (Phi) is 1.33. The van der Waals surface area contributed by atoms with Gasteiger partial charge in [-0.1, -0.05) is 6.92 Å². The van der Waals surface area contributed by atoms with Crippen LogP contribution in [0.25, 0.3) is 0 Å². The Morgan fingerprint density at radius 3 is 2.57 bits per heavy atom. The van der Waals surface area contributed by atoms with Gasteiger partial charge < -0.3 is 4.90 Å². The maximum atomic E-state index is 2.28. The predicted molar refractivity (Wildman–Crippen MR) is 30.7 cm³/mol. The van der Waals surface area contributed by atoms with Crippen LogP contribution in [0, 0.1) is 12.5 Å². The Morgan fingerprint density at radius 1 is 1.71 bits per heavy atom. The second-order valence-electron chi connectivity index (χ2n) is 2.40. The van der Waals surface area contributed by atoms with Crippen molar-refractivity contribution in [2.75, 3.05) is 13.6 Å².